The molecule has 0 bridgehead atoms. The summed E-state index contributed by atoms with van der Waals surface area (Å²) < 4.78 is 26.5. The van der Waals surface area contributed by atoms with Gasteiger partial charge in [-0.3, -0.25) is 9.88 Å². The van der Waals surface area contributed by atoms with Crippen LogP contribution in [0.3, 0.4) is 0 Å². The van der Waals surface area contributed by atoms with Crippen molar-refractivity contribution in [1.29, 1.82) is 0 Å². The first-order valence-corrected chi connectivity index (χ1v) is 21.7. The molecule has 6 atom stereocenters. The molecule has 11 nitrogen and oxygen atoms in total. The molecule has 6 rings (SSSR count). The molecule has 2 N–H and O–H groups in total. The summed E-state index contributed by atoms with van der Waals surface area (Å²) in [6.45, 7) is 9.37. The lowest BCUT2D eigenvalue weighted by Gasteiger charge is -2.59. The highest BCUT2D eigenvalue weighted by molar-refractivity contribution is 6.18. The molecular formula is C47H60ClN3O8. The number of unbranched alkanes of at least 4 members (excludes halogenated alkanes) is 2. The maximum atomic E-state index is 14.1. The second-order valence-corrected chi connectivity index (χ2v) is 16.0. The Kier molecular flexibility index (Phi) is 16.3. The number of aromatic nitrogens is 1. The molecule has 0 unspecified atom stereocenters. The fourth-order valence-electron chi connectivity index (χ4n) is 9.16. The Morgan fingerprint density at radius 2 is 1.85 bits per heavy atom. The van der Waals surface area contributed by atoms with E-state index in [0.717, 1.165) is 59.5 Å². The summed E-state index contributed by atoms with van der Waals surface area (Å²) in [5, 5.41) is 24.7. The average Bonchev–Trinajstić information content (AvgIpc) is 3.25. The topological polar surface area (TPSA) is 132 Å². The number of hydrogen-bond donors (Lipinski definition) is 2. The van der Waals surface area contributed by atoms with Crippen molar-refractivity contribution in [1.82, 2.24) is 9.88 Å². The minimum Gasteiger partial charge on any atom is -0.487 e. The van der Waals surface area contributed by atoms with Gasteiger partial charge < -0.3 is 34.0 Å². The zero-order valence-corrected chi connectivity index (χ0v) is 35.2. The highest BCUT2D eigenvalue weighted by Gasteiger charge is 2.65. The number of aliphatic hydroxyl groups excluding tert-OH is 2. The molecule has 0 saturated heterocycles. The van der Waals surface area contributed by atoms with E-state index < -0.39 is 23.8 Å². The molecule has 1 amide bonds. The van der Waals surface area contributed by atoms with Gasteiger partial charge in [-0.1, -0.05) is 73.5 Å². The lowest BCUT2D eigenvalue weighted by Crippen LogP contribution is -2.70. The van der Waals surface area contributed by atoms with Crippen LogP contribution in [0.2, 0.25) is 0 Å². The van der Waals surface area contributed by atoms with Crippen molar-refractivity contribution in [2.75, 3.05) is 38.9 Å². The molecule has 3 aliphatic rings. The third-order valence-electron chi connectivity index (χ3n) is 11.6. The van der Waals surface area contributed by atoms with Crippen molar-refractivity contribution < 1.29 is 38.8 Å². The summed E-state index contributed by atoms with van der Waals surface area (Å²) >= 11 is 6.03. The number of aryl methyl sites for hydroxylation is 1. The Morgan fingerprint density at radius 3 is 2.58 bits per heavy atom. The van der Waals surface area contributed by atoms with Crippen molar-refractivity contribution in [3.05, 3.63) is 114 Å². The largest absolute Gasteiger partial charge is 0.487 e. The van der Waals surface area contributed by atoms with E-state index in [2.05, 4.69) is 23.7 Å². The third-order valence-corrected chi connectivity index (χ3v) is 11.8. The highest BCUT2D eigenvalue weighted by Crippen LogP contribution is 2.62. The van der Waals surface area contributed by atoms with Crippen LogP contribution in [-0.4, -0.2) is 82.6 Å². The summed E-state index contributed by atoms with van der Waals surface area (Å²) in [4.78, 5) is 26.7. The molecule has 1 fully saturated rings. The smallest absolute Gasteiger partial charge is 0.410 e. The Morgan fingerprint density at radius 1 is 1.05 bits per heavy atom. The predicted molar refractivity (Wildman–Crippen MR) is 229 cm³/mol. The van der Waals surface area contributed by atoms with Crippen LogP contribution < -0.4 is 9.47 Å². The molecule has 2 aliphatic carbocycles. The normalized spacial score (nSPS) is 23.6. The fraction of sp³-hybridized carbons (Fsp3) is 0.511. The van der Waals surface area contributed by atoms with Crippen LogP contribution in [0.5, 0.6) is 11.5 Å². The number of allylic oxidation sites excluding steroid dienone is 1. The summed E-state index contributed by atoms with van der Waals surface area (Å²) in [5.74, 6) is -0.363. The van der Waals surface area contributed by atoms with E-state index >= 15 is 0 Å². The van der Waals surface area contributed by atoms with Crippen LogP contribution in [0.25, 0.3) is 0 Å². The molecule has 3 aromatic rings. The Hall–Kier alpha value is -4.42. The summed E-state index contributed by atoms with van der Waals surface area (Å²) in [5.41, 5.74) is 5.38. The van der Waals surface area contributed by atoms with Gasteiger partial charge in [0.05, 0.1) is 29.8 Å². The van der Waals surface area contributed by atoms with Gasteiger partial charge in [0.2, 0.25) is 5.79 Å². The van der Waals surface area contributed by atoms with Gasteiger partial charge in [-0.15, -0.1) is 18.2 Å². The minimum atomic E-state index is -1.38. The third kappa shape index (κ3) is 10.5. The second kappa shape index (κ2) is 21.7. The number of alkyl halides is 1. The number of carbonyl (C=O) groups is 1. The lowest BCUT2D eigenvalue weighted by atomic mass is 9.55. The molecule has 59 heavy (non-hydrogen) atoms. The fourth-order valence-corrected chi connectivity index (χ4v) is 9.24. The number of aliphatic hydroxyl groups is 2. The van der Waals surface area contributed by atoms with E-state index in [1.165, 1.54) is 0 Å². The number of nitrogens with zero attached hydrogens (tertiary/aromatic N) is 3. The molecule has 1 aliphatic heterocycles. The molecule has 1 aromatic heterocycles. The summed E-state index contributed by atoms with van der Waals surface area (Å²) in [7, 11) is 0. The molecule has 12 heteroatoms. The van der Waals surface area contributed by atoms with E-state index in [9.17, 15) is 15.0 Å². The average molecular weight is 830 g/mol. The first kappa shape index (κ1) is 44.1. The maximum Gasteiger partial charge on any atom is 0.410 e. The van der Waals surface area contributed by atoms with Gasteiger partial charge in [-0.2, -0.15) is 0 Å². The molecule has 318 valence electrons. The molecule has 0 radical (unpaired) electrons. The number of ether oxygens (including phenoxy) is 4. The molecule has 0 spiro atoms. The van der Waals surface area contributed by atoms with Crippen molar-refractivity contribution in [2.45, 2.75) is 96.2 Å². The SMILES string of the molecule is C=CCO[C@@]12Oc3ccc(OCc4cccc(C)n4)cc3[C@H]3[C@H](CCCCO)[C@@H](CCCCO)C=C(C(=NOCc4ccccc4)C[C@@H]1N(CCC)C(=O)OCCCl)[C@H]32. The van der Waals surface area contributed by atoms with Crippen LogP contribution in [0.4, 0.5) is 4.79 Å². The predicted octanol–water partition coefficient (Wildman–Crippen LogP) is 8.89. The number of benzene rings is 2. The standard InChI is InChI=1S/C47H60ClN3O8/c1-4-23-51(46(54)55-27-22-48)43-30-41(50-58-31-34-15-7-6-8-16-34)39-28-35(17-9-11-24-52)38(19-10-12-25-53)44-40-29-37(56-32-36-18-13-14-33(3)49-36)20-21-42(40)59-47(43,45(39)44)57-26-5-2/h5-8,13-16,18,20-21,28-29,35,38,43-45,52-53H,2,4,9-12,17,19,22-27,30-32H2,1,3H3/t35-,38+,43-,44+,45+,47+/m0/s1. The van der Waals surface area contributed by atoms with Crippen molar-refractivity contribution in [3.8, 4) is 11.5 Å². The molecular weight excluding hydrogens is 770 g/mol. The second-order valence-electron chi connectivity index (χ2n) is 15.6. The van der Waals surface area contributed by atoms with Gasteiger partial charge >= 0.3 is 6.09 Å². The van der Waals surface area contributed by atoms with Gasteiger partial charge in [0.15, 0.2) is 0 Å². The lowest BCUT2D eigenvalue weighted by molar-refractivity contribution is -0.255. The quantitative estimate of drug-likeness (QED) is 0.0441. The number of halogens is 1. The van der Waals surface area contributed by atoms with Crippen LogP contribution in [0, 0.1) is 24.7 Å². The number of amides is 1. The number of hydrogen-bond acceptors (Lipinski definition) is 10. The maximum absolute atomic E-state index is 14.1. The van der Waals surface area contributed by atoms with Crippen LogP contribution in [0.1, 0.15) is 86.7 Å². The molecule has 1 saturated carbocycles. The number of oxime groups is 1. The minimum absolute atomic E-state index is 0.0547. The van der Waals surface area contributed by atoms with Gasteiger partial charge in [0.1, 0.15) is 37.4 Å². The highest BCUT2D eigenvalue weighted by atomic mass is 35.5. The van der Waals surface area contributed by atoms with Crippen molar-refractivity contribution in [2.24, 2.45) is 22.9 Å². The molecule has 2 heterocycles. The number of fused-ring (bicyclic) bond motifs is 2. The Labute approximate surface area is 354 Å². The first-order chi connectivity index (χ1) is 28.9. The van der Waals surface area contributed by atoms with E-state index in [0.29, 0.717) is 43.9 Å². The Balaban J connectivity index is 1.55. The molecule has 2 aromatic carbocycles. The first-order valence-electron chi connectivity index (χ1n) is 21.2. The van der Waals surface area contributed by atoms with Crippen molar-refractivity contribution in [3.63, 3.8) is 0 Å². The monoisotopic (exact) mass is 829 g/mol. The van der Waals surface area contributed by atoms with Crippen molar-refractivity contribution >= 4 is 23.4 Å². The van der Waals surface area contributed by atoms with Crippen LogP contribution in [-0.2, 0) is 27.5 Å². The van der Waals surface area contributed by atoms with E-state index in [1.54, 1.807) is 11.0 Å². The summed E-state index contributed by atoms with van der Waals surface area (Å²) in [6, 6.07) is 21.1. The van der Waals surface area contributed by atoms with Gasteiger partial charge in [0, 0.05) is 43.4 Å². The summed E-state index contributed by atoms with van der Waals surface area (Å²) in [6.07, 6.45) is 9.14. The van der Waals surface area contributed by atoms with E-state index in [4.69, 9.17) is 40.5 Å². The number of rotatable bonds is 22. The Bertz CT molecular complexity index is 1890. The van der Waals surface area contributed by atoms with E-state index in [-0.39, 0.29) is 63.1 Å². The van der Waals surface area contributed by atoms with E-state index in [1.807, 2.05) is 74.5 Å². The number of pyridine rings is 1. The van der Waals surface area contributed by atoms with Gasteiger partial charge in [-0.25, -0.2) is 4.79 Å². The van der Waals surface area contributed by atoms with Crippen LogP contribution >= 0.6 is 11.6 Å². The zero-order valence-electron chi connectivity index (χ0n) is 34.5. The van der Waals surface area contributed by atoms with Crippen LogP contribution in [0.15, 0.2) is 96.2 Å². The zero-order chi connectivity index (χ0) is 41.6. The van der Waals surface area contributed by atoms with Gasteiger partial charge in [0.25, 0.3) is 0 Å². The number of carbonyl (C=O) groups excluding carboxylic acids is 1. The van der Waals surface area contributed by atoms with Gasteiger partial charge in [-0.05, 0) is 92.3 Å².